The molecule has 0 unspecified atom stereocenters. The van der Waals surface area contributed by atoms with Crippen LogP contribution < -0.4 is 0 Å². The van der Waals surface area contributed by atoms with Gasteiger partial charge in [-0.1, -0.05) is 0 Å². The average Bonchev–Trinajstić information content (AvgIpc) is 3.25. The molecule has 7 nitrogen and oxygen atoms in total. The number of carbonyl (C=O) groups is 2. The van der Waals surface area contributed by atoms with Crippen LogP contribution in [0.3, 0.4) is 0 Å². The SMILES string of the molecule is CC(C)(C)OC(=O)N1CCC[C@@H]1[C@]1(CCC2OCCO2)C=CC(=O)O1. The van der Waals surface area contributed by atoms with Gasteiger partial charge in [0.15, 0.2) is 11.9 Å². The fraction of sp³-hybridized carbons (Fsp3) is 0.778. The lowest BCUT2D eigenvalue weighted by atomic mass is 9.87. The van der Waals surface area contributed by atoms with Gasteiger partial charge in [0.25, 0.3) is 0 Å². The van der Waals surface area contributed by atoms with Crippen molar-refractivity contribution in [3.63, 3.8) is 0 Å². The van der Waals surface area contributed by atoms with Gasteiger partial charge in [-0.25, -0.2) is 9.59 Å². The summed E-state index contributed by atoms with van der Waals surface area (Å²) in [7, 11) is 0. The van der Waals surface area contributed by atoms with Crippen LogP contribution in [0.1, 0.15) is 46.5 Å². The maximum Gasteiger partial charge on any atom is 0.410 e. The molecular formula is C18H27NO6. The van der Waals surface area contributed by atoms with Crippen LogP contribution in [-0.2, 0) is 23.7 Å². The molecule has 3 rings (SSSR count). The first-order valence-electron chi connectivity index (χ1n) is 8.94. The predicted octanol–water partition coefficient (Wildman–Crippen LogP) is 2.39. The third-order valence-electron chi connectivity index (χ3n) is 4.70. The molecule has 0 spiro atoms. The second kappa shape index (κ2) is 6.96. The highest BCUT2D eigenvalue weighted by molar-refractivity contribution is 5.85. The summed E-state index contributed by atoms with van der Waals surface area (Å²) in [5.41, 5.74) is -1.40. The number of carbonyl (C=O) groups excluding carboxylic acids is 2. The second-order valence-electron chi connectivity index (χ2n) is 7.75. The van der Waals surface area contributed by atoms with E-state index in [1.165, 1.54) is 6.08 Å². The zero-order chi connectivity index (χ0) is 18.1. The van der Waals surface area contributed by atoms with E-state index in [1.54, 1.807) is 11.0 Å². The molecule has 2 saturated heterocycles. The lowest BCUT2D eigenvalue weighted by Gasteiger charge is -2.39. The molecule has 0 aromatic carbocycles. The molecule has 0 radical (unpaired) electrons. The van der Waals surface area contributed by atoms with Crippen molar-refractivity contribution in [2.45, 2.75) is 70.0 Å². The lowest BCUT2D eigenvalue weighted by molar-refractivity contribution is -0.153. The van der Waals surface area contributed by atoms with E-state index in [-0.39, 0.29) is 24.4 Å². The summed E-state index contributed by atoms with van der Waals surface area (Å²) in [6.45, 7) is 7.30. The van der Waals surface area contributed by atoms with Crippen LogP contribution in [0.5, 0.6) is 0 Å². The van der Waals surface area contributed by atoms with Gasteiger partial charge in [0.2, 0.25) is 0 Å². The van der Waals surface area contributed by atoms with E-state index in [4.69, 9.17) is 18.9 Å². The number of likely N-dealkylation sites (tertiary alicyclic amines) is 1. The van der Waals surface area contributed by atoms with Gasteiger partial charge in [0.1, 0.15) is 5.60 Å². The van der Waals surface area contributed by atoms with E-state index in [0.29, 0.717) is 32.6 Å². The second-order valence-corrected chi connectivity index (χ2v) is 7.75. The molecule has 2 fully saturated rings. The topological polar surface area (TPSA) is 74.3 Å². The largest absolute Gasteiger partial charge is 0.449 e. The molecule has 7 heteroatoms. The summed E-state index contributed by atoms with van der Waals surface area (Å²) in [4.78, 5) is 26.1. The molecule has 140 valence electrons. The molecule has 0 bridgehead atoms. The van der Waals surface area contributed by atoms with E-state index < -0.39 is 11.2 Å². The number of rotatable bonds is 4. The van der Waals surface area contributed by atoms with Crippen molar-refractivity contribution in [3.8, 4) is 0 Å². The quantitative estimate of drug-likeness (QED) is 0.723. The Kier molecular flexibility index (Phi) is 5.06. The number of nitrogens with zero attached hydrogens (tertiary/aromatic N) is 1. The van der Waals surface area contributed by atoms with Crippen LogP contribution in [0, 0.1) is 0 Å². The molecule has 1 amide bonds. The minimum Gasteiger partial charge on any atom is -0.449 e. The summed E-state index contributed by atoms with van der Waals surface area (Å²) in [6.07, 6.45) is 5.37. The van der Waals surface area contributed by atoms with Crippen molar-refractivity contribution in [2.24, 2.45) is 0 Å². The normalized spacial score (nSPS) is 30.1. The first kappa shape index (κ1) is 18.2. The number of esters is 1. The molecule has 3 aliphatic rings. The standard InChI is InChI=1S/C18H27NO6/c1-17(2,3)25-16(21)19-10-4-5-13(19)18(8-6-14(20)24-18)9-7-15-22-11-12-23-15/h6,8,13,15H,4-5,7,9-12H2,1-3H3/t13-,18-/m1/s1. The predicted molar refractivity (Wildman–Crippen MR) is 88.9 cm³/mol. The van der Waals surface area contributed by atoms with Crippen molar-refractivity contribution < 1.29 is 28.5 Å². The number of hydrogen-bond donors (Lipinski definition) is 0. The van der Waals surface area contributed by atoms with E-state index in [1.807, 2.05) is 20.8 Å². The fourth-order valence-electron chi connectivity index (χ4n) is 3.68. The first-order valence-corrected chi connectivity index (χ1v) is 8.94. The summed E-state index contributed by atoms with van der Waals surface area (Å²) in [6, 6.07) is -0.230. The Morgan fingerprint density at radius 2 is 2.08 bits per heavy atom. The number of hydrogen-bond acceptors (Lipinski definition) is 6. The Bertz CT molecular complexity index is 548. The summed E-state index contributed by atoms with van der Waals surface area (Å²) < 4.78 is 22.2. The summed E-state index contributed by atoms with van der Waals surface area (Å²) in [5, 5.41) is 0. The minimum atomic E-state index is -0.834. The number of ether oxygens (including phenoxy) is 4. The van der Waals surface area contributed by atoms with E-state index in [9.17, 15) is 9.59 Å². The van der Waals surface area contributed by atoms with Crippen LogP contribution in [-0.4, -0.2) is 60.3 Å². The molecule has 0 aliphatic carbocycles. The average molecular weight is 353 g/mol. The van der Waals surface area contributed by atoms with Gasteiger partial charge in [-0.2, -0.15) is 0 Å². The van der Waals surface area contributed by atoms with Crippen LogP contribution in [0.25, 0.3) is 0 Å². The van der Waals surface area contributed by atoms with Gasteiger partial charge < -0.3 is 23.8 Å². The highest BCUT2D eigenvalue weighted by Crippen LogP contribution is 2.39. The Balaban J connectivity index is 1.74. The first-order chi connectivity index (χ1) is 11.8. The Labute approximate surface area is 148 Å². The zero-order valence-electron chi connectivity index (χ0n) is 15.2. The van der Waals surface area contributed by atoms with Crippen LogP contribution in [0.4, 0.5) is 4.79 Å². The Morgan fingerprint density at radius 1 is 1.36 bits per heavy atom. The van der Waals surface area contributed by atoms with Gasteiger partial charge in [0.05, 0.1) is 19.3 Å². The molecular weight excluding hydrogens is 326 g/mol. The zero-order valence-corrected chi connectivity index (χ0v) is 15.2. The third kappa shape index (κ3) is 4.15. The van der Waals surface area contributed by atoms with Crippen molar-refractivity contribution >= 4 is 12.1 Å². The van der Waals surface area contributed by atoms with Gasteiger partial charge in [-0.3, -0.25) is 0 Å². The number of cyclic esters (lactones) is 1. The monoisotopic (exact) mass is 353 g/mol. The lowest BCUT2D eigenvalue weighted by Crippen LogP contribution is -2.52. The van der Waals surface area contributed by atoms with Crippen LogP contribution >= 0.6 is 0 Å². The molecule has 25 heavy (non-hydrogen) atoms. The van der Waals surface area contributed by atoms with Crippen molar-refractivity contribution in [1.82, 2.24) is 4.90 Å². The van der Waals surface area contributed by atoms with Crippen molar-refractivity contribution in [2.75, 3.05) is 19.8 Å². The molecule has 3 heterocycles. The smallest absolute Gasteiger partial charge is 0.410 e. The minimum absolute atomic E-state index is 0.230. The van der Waals surface area contributed by atoms with E-state index >= 15 is 0 Å². The molecule has 2 atom stereocenters. The van der Waals surface area contributed by atoms with Crippen LogP contribution in [0.15, 0.2) is 12.2 Å². The van der Waals surface area contributed by atoms with Crippen LogP contribution in [0.2, 0.25) is 0 Å². The molecule has 0 aromatic heterocycles. The van der Waals surface area contributed by atoms with Gasteiger partial charge >= 0.3 is 12.1 Å². The highest BCUT2D eigenvalue weighted by atomic mass is 16.7. The number of amides is 1. The summed E-state index contributed by atoms with van der Waals surface area (Å²) in [5.74, 6) is -0.371. The maximum absolute atomic E-state index is 12.6. The summed E-state index contributed by atoms with van der Waals surface area (Å²) >= 11 is 0. The van der Waals surface area contributed by atoms with E-state index in [0.717, 1.165) is 12.8 Å². The molecule has 0 N–H and O–H groups in total. The highest BCUT2D eigenvalue weighted by Gasteiger charge is 2.50. The van der Waals surface area contributed by atoms with Crippen molar-refractivity contribution in [1.29, 1.82) is 0 Å². The molecule has 3 aliphatic heterocycles. The Hall–Kier alpha value is -1.60. The molecule has 0 aromatic rings. The third-order valence-corrected chi connectivity index (χ3v) is 4.70. The molecule has 0 saturated carbocycles. The van der Waals surface area contributed by atoms with E-state index in [2.05, 4.69) is 0 Å². The maximum atomic E-state index is 12.6. The fourth-order valence-corrected chi connectivity index (χ4v) is 3.68. The Morgan fingerprint density at radius 3 is 2.68 bits per heavy atom. The van der Waals surface area contributed by atoms with Crippen molar-refractivity contribution in [3.05, 3.63) is 12.2 Å². The van der Waals surface area contributed by atoms with Gasteiger partial charge in [-0.05, 0) is 46.1 Å². The van der Waals surface area contributed by atoms with Gasteiger partial charge in [-0.15, -0.1) is 0 Å². The van der Waals surface area contributed by atoms with Gasteiger partial charge in [0, 0.05) is 19.0 Å².